The van der Waals surface area contributed by atoms with Crippen molar-refractivity contribution in [3.05, 3.63) is 0 Å². The third kappa shape index (κ3) is 6.78. The number of hydrogen-bond acceptors (Lipinski definition) is 4. The summed E-state index contributed by atoms with van der Waals surface area (Å²) in [5.74, 6) is 0. The predicted octanol–water partition coefficient (Wildman–Crippen LogP) is 1.71. The number of rotatable bonds is 9. The Morgan fingerprint density at radius 1 is 1.50 bits per heavy atom. The van der Waals surface area contributed by atoms with E-state index in [-0.39, 0.29) is 6.10 Å². The van der Waals surface area contributed by atoms with Gasteiger partial charge >= 0.3 is 0 Å². The predicted molar refractivity (Wildman–Crippen MR) is 64.2 cm³/mol. The van der Waals surface area contributed by atoms with E-state index in [1.54, 1.807) is 7.11 Å². The molecule has 0 saturated carbocycles. The van der Waals surface area contributed by atoms with Crippen LogP contribution >= 0.6 is 0 Å². The maximum atomic E-state index is 9.09. The molecule has 16 heavy (non-hydrogen) atoms. The van der Waals surface area contributed by atoms with Gasteiger partial charge in [0, 0.05) is 20.1 Å². The summed E-state index contributed by atoms with van der Waals surface area (Å²) in [4.78, 5) is 0. The lowest BCUT2D eigenvalue weighted by Gasteiger charge is -2.23. The van der Waals surface area contributed by atoms with Crippen LogP contribution in [0.3, 0.4) is 0 Å². The highest BCUT2D eigenvalue weighted by Crippen LogP contribution is 2.09. The van der Waals surface area contributed by atoms with Crippen molar-refractivity contribution in [2.45, 2.75) is 45.3 Å². The van der Waals surface area contributed by atoms with Crippen molar-refractivity contribution in [3.8, 4) is 6.07 Å². The minimum absolute atomic E-state index is 0.0825. The molecule has 1 N–H and O–H groups in total. The smallest absolute Gasteiger partial charge is 0.106 e. The second kappa shape index (κ2) is 8.51. The standard InChI is InChI=1S/C12H24N2O2/c1-5-7-14-12(3,10-13)6-8-16-11(2)9-15-4/h11,14H,5-9H2,1-4H3. The fourth-order valence-electron chi connectivity index (χ4n) is 1.33. The van der Waals surface area contributed by atoms with Gasteiger partial charge in [-0.2, -0.15) is 5.26 Å². The Labute approximate surface area is 98.9 Å². The molecule has 0 aliphatic heterocycles. The van der Waals surface area contributed by atoms with E-state index in [1.807, 2.05) is 13.8 Å². The van der Waals surface area contributed by atoms with Crippen LogP contribution in [0.4, 0.5) is 0 Å². The average molecular weight is 228 g/mol. The molecule has 0 fully saturated rings. The highest BCUT2D eigenvalue weighted by atomic mass is 16.5. The Morgan fingerprint density at radius 2 is 2.19 bits per heavy atom. The van der Waals surface area contributed by atoms with Crippen LogP contribution in [0, 0.1) is 11.3 Å². The molecular formula is C12H24N2O2. The Morgan fingerprint density at radius 3 is 2.69 bits per heavy atom. The quantitative estimate of drug-likeness (QED) is 0.652. The largest absolute Gasteiger partial charge is 0.382 e. The Kier molecular flexibility index (Phi) is 8.18. The van der Waals surface area contributed by atoms with Crippen LogP contribution in [-0.2, 0) is 9.47 Å². The van der Waals surface area contributed by atoms with Crippen LogP contribution in [0.15, 0.2) is 0 Å². The SMILES string of the molecule is CCCNC(C)(C#N)CCOC(C)COC. The van der Waals surface area contributed by atoms with Crippen molar-refractivity contribution < 1.29 is 9.47 Å². The van der Waals surface area contributed by atoms with Crippen molar-refractivity contribution >= 4 is 0 Å². The van der Waals surface area contributed by atoms with Crippen LogP contribution in [0.5, 0.6) is 0 Å². The van der Waals surface area contributed by atoms with Crippen LogP contribution in [-0.4, -0.2) is 38.5 Å². The molecule has 4 heteroatoms. The van der Waals surface area contributed by atoms with Gasteiger partial charge in [0.15, 0.2) is 0 Å². The normalized spacial score (nSPS) is 16.4. The number of ether oxygens (including phenoxy) is 2. The second-order valence-corrected chi connectivity index (χ2v) is 4.26. The fraction of sp³-hybridized carbons (Fsp3) is 0.917. The summed E-state index contributed by atoms with van der Waals surface area (Å²) in [6, 6.07) is 2.30. The van der Waals surface area contributed by atoms with E-state index in [2.05, 4.69) is 18.3 Å². The minimum atomic E-state index is -0.483. The summed E-state index contributed by atoms with van der Waals surface area (Å²) in [5.41, 5.74) is -0.483. The molecular weight excluding hydrogens is 204 g/mol. The van der Waals surface area contributed by atoms with Gasteiger partial charge < -0.3 is 9.47 Å². The number of nitrogens with one attached hydrogen (secondary N) is 1. The second-order valence-electron chi connectivity index (χ2n) is 4.26. The molecule has 4 nitrogen and oxygen atoms in total. The van der Waals surface area contributed by atoms with Crippen LogP contribution in [0.25, 0.3) is 0 Å². The van der Waals surface area contributed by atoms with E-state index >= 15 is 0 Å². The van der Waals surface area contributed by atoms with Crippen molar-refractivity contribution in [1.82, 2.24) is 5.32 Å². The van der Waals surface area contributed by atoms with E-state index in [4.69, 9.17) is 14.7 Å². The van der Waals surface area contributed by atoms with Crippen LogP contribution < -0.4 is 5.32 Å². The Hall–Kier alpha value is -0.630. The molecule has 0 rings (SSSR count). The van der Waals surface area contributed by atoms with Gasteiger partial charge in [-0.3, -0.25) is 5.32 Å². The molecule has 94 valence electrons. The summed E-state index contributed by atoms with van der Waals surface area (Å²) >= 11 is 0. The van der Waals surface area contributed by atoms with Gasteiger partial charge in [0.1, 0.15) is 5.54 Å². The van der Waals surface area contributed by atoms with Crippen LogP contribution in [0.1, 0.15) is 33.6 Å². The lowest BCUT2D eigenvalue weighted by atomic mass is 10.0. The molecule has 0 aliphatic carbocycles. The van der Waals surface area contributed by atoms with E-state index in [9.17, 15) is 0 Å². The summed E-state index contributed by atoms with van der Waals surface area (Å²) in [7, 11) is 1.65. The lowest BCUT2D eigenvalue weighted by molar-refractivity contribution is 0.00366. The molecule has 0 aromatic carbocycles. The first-order chi connectivity index (χ1) is 7.58. The lowest BCUT2D eigenvalue weighted by Crippen LogP contribution is -2.42. The first-order valence-electron chi connectivity index (χ1n) is 5.84. The van der Waals surface area contributed by atoms with Gasteiger partial charge in [-0.1, -0.05) is 6.92 Å². The first-order valence-corrected chi connectivity index (χ1v) is 5.84. The van der Waals surface area contributed by atoms with Gasteiger partial charge in [0.25, 0.3) is 0 Å². The topological polar surface area (TPSA) is 54.3 Å². The number of nitriles is 1. The third-order valence-electron chi connectivity index (χ3n) is 2.42. The maximum absolute atomic E-state index is 9.09. The highest BCUT2D eigenvalue weighted by molar-refractivity contribution is 5.03. The van der Waals surface area contributed by atoms with Crippen molar-refractivity contribution in [2.24, 2.45) is 0 Å². The van der Waals surface area contributed by atoms with Crippen molar-refractivity contribution in [3.63, 3.8) is 0 Å². The zero-order valence-electron chi connectivity index (χ0n) is 10.9. The fourth-order valence-corrected chi connectivity index (χ4v) is 1.33. The van der Waals surface area contributed by atoms with Gasteiger partial charge in [0.2, 0.25) is 0 Å². The molecule has 0 bridgehead atoms. The molecule has 0 aromatic heterocycles. The van der Waals surface area contributed by atoms with Gasteiger partial charge in [-0.05, 0) is 26.8 Å². The highest BCUT2D eigenvalue weighted by Gasteiger charge is 2.22. The maximum Gasteiger partial charge on any atom is 0.106 e. The summed E-state index contributed by atoms with van der Waals surface area (Å²) in [6.45, 7) is 7.98. The van der Waals surface area contributed by atoms with E-state index in [0.29, 0.717) is 19.6 Å². The van der Waals surface area contributed by atoms with Crippen molar-refractivity contribution in [1.29, 1.82) is 5.26 Å². The molecule has 0 saturated heterocycles. The van der Waals surface area contributed by atoms with E-state index in [1.165, 1.54) is 0 Å². The number of methoxy groups -OCH3 is 1. The summed E-state index contributed by atoms with van der Waals surface area (Å²) < 4.78 is 10.5. The summed E-state index contributed by atoms with van der Waals surface area (Å²) in [6.07, 6.45) is 1.80. The zero-order chi connectivity index (χ0) is 12.4. The van der Waals surface area contributed by atoms with Gasteiger partial charge in [0.05, 0.1) is 18.8 Å². The Bertz CT molecular complexity index is 216. The molecule has 0 aromatic rings. The summed E-state index contributed by atoms with van der Waals surface area (Å²) in [5, 5.41) is 12.3. The average Bonchev–Trinajstić information content (AvgIpc) is 2.27. The molecule has 0 heterocycles. The van der Waals surface area contributed by atoms with Gasteiger partial charge in [-0.25, -0.2) is 0 Å². The van der Waals surface area contributed by atoms with Crippen LogP contribution in [0.2, 0.25) is 0 Å². The monoisotopic (exact) mass is 228 g/mol. The Balaban J connectivity index is 3.82. The first kappa shape index (κ1) is 15.4. The molecule has 0 radical (unpaired) electrons. The third-order valence-corrected chi connectivity index (χ3v) is 2.42. The minimum Gasteiger partial charge on any atom is -0.382 e. The van der Waals surface area contributed by atoms with E-state index in [0.717, 1.165) is 13.0 Å². The van der Waals surface area contributed by atoms with Gasteiger partial charge in [-0.15, -0.1) is 0 Å². The molecule has 0 spiro atoms. The zero-order valence-corrected chi connectivity index (χ0v) is 10.9. The van der Waals surface area contributed by atoms with E-state index < -0.39 is 5.54 Å². The molecule has 2 unspecified atom stereocenters. The molecule has 2 atom stereocenters. The number of hydrogen-bond donors (Lipinski definition) is 1. The number of nitrogens with zero attached hydrogens (tertiary/aromatic N) is 1. The molecule has 0 amide bonds. The van der Waals surface area contributed by atoms with Crippen molar-refractivity contribution in [2.75, 3.05) is 26.9 Å². The molecule has 0 aliphatic rings.